The van der Waals surface area contributed by atoms with Gasteiger partial charge in [-0.3, -0.25) is 10.1 Å². The minimum atomic E-state index is -1.17. The van der Waals surface area contributed by atoms with Crippen LogP contribution < -0.4 is 4.74 Å². The number of ether oxygens (including phenoxy) is 1. The van der Waals surface area contributed by atoms with E-state index in [2.05, 4.69) is 0 Å². The Balaban J connectivity index is 2.28. The molecule has 0 unspecified atom stereocenters. The maximum Gasteiger partial charge on any atom is 0.371 e. The van der Waals surface area contributed by atoms with Gasteiger partial charge in [0.2, 0.25) is 5.76 Å². The number of rotatable bonds is 6. The fraction of sp³-hybridized carbons (Fsp3) is 0.154. The van der Waals surface area contributed by atoms with Crippen molar-refractivity contribution in [3.8, 4) is 5.75 Å². The normalized spacial score (nSPS) is 10.3. The molecule has 21 heavy (non-hydrogen) atoms. The van der Waals surface area contributed by atoms with Crippen LogP contribution in [-0.2, 0) is 0 Å². The highest BCUT2D eigenvalue weighted by molar-refractivity contribution is 7.99. The lowest BCUT2D eigenvalue weighted by molar-refractivity contribution is -0.385. The van der Waals surface area contributed by atoms with Gasteiger partial charge in [-0.2, -0.15) is 0 Å². The lowest BCUT2D eigenvalue weighted by Crippen LogP contribution is -1.94. The van der Waals surface area contributed by atoms with Crippen LogP contribution in [0, 0.1) is 10.1 Å². The van der Waals surface area contributed by atoms with Gasteiger partial charge in [0.25, 0.3) is 5.69 Å². The summed E-state index contributed by atoms with van der Waals surface area (Å²) in [7, 11) is 0. The van der Waals surface area contributed by atoms with Gasteiger partial charge in [0.1, 0.15) is 5.75 Å². The zero-order valence-corrected chi connectivity index (χ0v) is 11.8. The second-order valence-electron chi connectivity index (χ2n) is 3.88. The number of nitro benzene ring substituents is 1. The van der Waals surface area contributed by atoms with E-state index < -0.39 is 10.9 Å². The number of benzene rings is 1. The van der Waals surface area contributed by atoms with Gasteiger partial charge in [-0.05, 0) is 25.1 Å². The average Bonchev–Trinajstić information content (AvgIpc) is 2.87. The molecule has 0 bridgehead atoms. The number of carboxylic acids is 1. The standard InChI is InChI=1S/C13H11NO6S/c1-2-19-9-5-8(14(17)18)6-10(7-9)21-12-4-3-11(20-12)13(15)16/h3-7H,2H2,1H3,(H,15,16). The van der Waals surface area contributed by atoms with Crippen LogP contribution in [0.2, 0.25) is 0 Å². The molecule has 1 aromatic carbocycles. The Hall–Kier alpha value is -2.48. The monoisotopic (exact) mass is 309 g/mol. The Morgan fingerprint density at radius 3 is 2.76 bits per heavy atom. The predicted octanol–water partition coefficient (Wildman–Crippen LogP) is 3.44. The van der Waals surface area contributed by atoms with Crippen molar-refractivity contribution in [3.05, 3.63) is 46.2 Å². The highest BCUT2D eigenvalue weighted by Gasteiger charge is 2.14. The predicted molar refractivity (Wildman–Crippen MR) is 74.1 cm³/mol. The molecule has 2 rings (SSSR count). The highest BCUT2D eigenvalue weighted by atomic mass is 32.2. The summed E-state index contributed by atoms with van der Waals surface area (Å²) >= 11 is 1.08. The summed E-state index contributed by atoms with van der Waals surface area (Å²) in [6.45, 7) is 2.16. The number of carboxylic acid groups (broad SMARTS) is 1. The van der Waals surface area contributed by atoms with Crippen LogP contribution in [0.1, 0.15) is 17.5 Å². The fourth-order valence-corrected chi connectivity index (χ4v) is 2.43. The average molecular weight is 309 g/mol. The number of carbonyl (C=O) groups is 1. The first-order chi connectivity index (χ1) is 9.99. The van der Waals surface area contributed by atoms with Crippen LogP contribution in [0.4, 0.5) is 5.69 Å². The summed E-state index contributed by atoms with van der Waals surface area (Å²) in [6, 6.07) is 7.15. The number of non-ortho nitro benzene ring substituents is 1. The molecule has 0 amide bonds. The second-order valence-corrected chi connectivity index (χ2v) is 4.96. The smallest absolute Gasteiger partial charge is 0.371 e. The number of hydrogen-bond acceptors (Lipinski definition) is 6. The van der Waals surface area contributed by atoms with Crippen molar-refractivity contribution in [3.63, 3.8) is 0 Å². The maximum atomic E-state index is 10.9. The Morgan fingerprint density at radius 2 is 2.19 bits per heavy atom. The lowest BCUT2D eigenvalue weighted by Gasteiger charge is -2.05. The summed E-state index contributed by atoms with van der Waals surface area (Å²) in [5, 5.41) is 20.0. The van der Waals surface area contributed by atoms with Crippen LogP contribution in [0.3, 0.4) is 0 Å². The van der Waals surface area contributed by atoms with Crippen LogP contribution in [-0.4, -0.2) is 22.6 Å². The minimum absolute atomic E-state index is 0.103. The molecule has 0 spiro atoms. The Morgan fingerprint density at radius 1 is 1.43 bits per heavy atom. The topological polar surface area (TPSA) is 103 Å². The number of aromatic carboxylic acids is 1. The van der Waals surface area contributed by atoms with E-state index in [0.29, 0.717) is 22.3 Å². The third kappa shape index (κ3) is 3.76. The molecule has 0 aliphatic carbocycles. The Kier molecular flexibility index (Phi) is 4.49. The van der Waals surface area contributed by atoms with Crippen LogP contribution in [0.5, 0.6) is 5.75 Å². The molecule has 7 nitrogen and oxygen atoms in total. The zero-order valence-electron chi connectivity index (χ0n) is 10.9. The van der Waals surface area contributed by atoms with Gasteiger partial charge in [0.15, 0.2) is 5.09 Å². The van der Waals surface area contributed by atoms with Crippen molar-refractivity contribution in [2.24, 2.45) is 0 Å². The third-order valence-electron chi connectivity index (χ3n) is 2.40. The van der Waals surface area contributed by atoms with E-state index in [1.54, 1.807) is 13.0 Å². The molecule has 0 aliphatic heterocycles. The molecule has 1 aromatic heterocycles. The number of nitrogens with zero attached hydrogens (tertiary/aromatic N) is 1. The highest BCUT2D eigenvalue weighted by Crippen LogP contribution is 2.34. The molecule has 0 aliphatic rings. The third-order valence-corrected chi connectivity index (χ3v) is 3.29. The van der Waals surface area contributed by atoms with E-state index >= 15 is 0 Å². The van der Waals surface area contributed by atoms with Crippen molar-refractivity contribution in [1.82, 2.24) is 0 Å². The van der Waals surface area contributed by atoms with Crippen LogP contribution in [0.15, 0.2) is 44.7 Å². The second kappa shape index (κ2) is 6.31. The van der Waals surface area contributed by atoms with E-state index in [9.17, 15) is 14.9 Å². The van der Waals surface area contributed by atoms with Gasteiger partial charge in [-0.15, -0.1) is 0 Å². The van der Waals surface area contributed by atoms with E-state index in [4.69, 9.17) is 14.3 Å². The Bertz CT molecular complexity index is 681. The SMILES string of the molecule is CCOc1cc(Sc2ccc(C(=O)O)o2)cc([N+](=O)[O-])c1. The van der Waals surface area contributed by atoms with Crippen LogP contribution >= 0.6 is 11.8 Å². The number of furan rings is 1. The van der Waals surface area contributed by atoms with E-state index in [-0.39, 0.29) is 11.4 Å². The molecular formula is C13H11NO6S. The molecule has 0 saturated heterocycles. The molecular weight excluding hydrogens is 298 g/mol. The van der Waals surface area contributed by atoms with E-state index in [1.807, 2.05) is 0 Å². The molecule has 2 aromatic rings. The van der Waals surface area contributed by atoms with Gasteiger partial charge in [0, 0.05) is 11.0 Å². The van der Waals surface area contributed by atoms with Gasteiger partial charge in [-0.25, -0.2) is 4.79 Å². The molecule has 8 heteroatoms. The summed E-state index contributed by atoms with van der Waals surface area (Å²) < 4.78 is 10.4. The lowest BCUT2D eigenvalue weighted by atomic mass is 10.3. The molecule has 0 fully saturated rings. The number of hydrogen-bond donors (Lipinski definition) is 1. The zero-order chi connectivity index (χ0) is 15.4. The first kappa shape index (κ1) is 14.9. The van der Waals surface area contributed by atoms with Gasteiger partial charge in [0.05, 0.1) is 17.6 Å². The largest absolute Gasteiger partial charge is 0.494 e. The molecule has 0 atom stereocenters. The molecule has 1 N–H and O–H groups in total. The summed E-state index contributed by atoms with van der Waals surface area (Å²) in [5.41, 5.74) is -0.103. The molecule has 0 saturated carbocycles. The van der Waals surface area contributed by atoms with Gasteiger partial charge >= 0.3 is 5.97 Å². The van der Waals surface area contributed by atoms with Crippen molar-refractivity contribution >= 4 is 23.4 Å². The molecule has 1 heterocycles. The van der Waals surface area contributed by atoms with Crippen molar-refractivity contribution < 1.29 is 24.0 Å². The number of nitro groups is 1. The first-order valence-corrected chi connectivity index (χ1v) is 6.74. The summed E-state index contributed by atoms with van der Waals surface area (Å²) in [6.07, 6.45) is 0. The minimum Gasteiger partial charge on any atom is -0.494 e. The summed E-state index contributed by atoms with van der Waals surface area (Å²) in [5.74, 6) is -0.983. The maximum absolute atomic E-state index is 10.9. The van der Waals surface area contributed by atoms with E-state index in [0.717, 1.165) is 11.8 Å². The summed E-state index contributed by atoms with van der Waals surface area (Å²) in [4.78, 5) is 21.6. The van der Waals surface area contributed by atoms with Gasteiger partial charge < -0.3 is 14.3 Å². The van der Waals surface area contributed by atoms with Crippen molar-refractivity contribution in [2.45, 2.75) is 16.9 Å². The van der Waals surface area contributed by atoms with Gasteiger partial charge in [-0.1, -0.05) is 11.8 Å². The fourth-order valence-electron chi connectivity index (χ4n) is 1.58. The van der Waals surface area contributed by atoms with Crippen LogP contribution in [0.25, 0.3) is 0 Å². The van der Waals surface area contributed by atoms with E-state index in [1.165, 1.54) is 24.3 Å². The van der Waals surface area contributed by atoms with Crippen molar-refractivity contribution in [1.29, 1.82) is 0 Å². The first-order valence-electron chi connectivity index (χ1n) is 5.93. The Labute approximate surface area is 123 Å². The quantitative estimate of drug-likeness (QED) is 0.644. The molecule has 110 valence electrons. The van der Waals surface area contributed by atoms with Crippen molar-refractivity contribution in [2.75, 3.05) is 6.61 Å². The molecule has 0 radical (unpaired) electrons.